The molecule has 1 N–H and O–H groups in total. The molecule has 0 aromatic carbocycles. The van der Waals surface area contributed by atoms with Gasteiger partial charge < -0.3 is 0 Å². The van der Waals surface area contributed by atoms with Gasteiger partial charge >= 0.3 is 118 Å². The Morgan fingerprint density at radius 2 is 1.41 bits per heavy atom. The molecular formula is C14H32OSn2. The van der Waals surface area contributed by atoms with Crippen LogP contribution < -0.4 is 0 Å². The van der Waals surface area contributed by atoms with Crippen LogP contribution >= 0.6 is 0 Å². The van der Waals surface area contributed by atoms with Gasteiger partial charge in [-0.05, 0) is 0 Å². The second kappa shape index (κ2) is 5.90. The molecule has 0 bridgehead atoms. The minimum atomic E-state index is -2.02. The van der Waals surface area contributed by atoms with E-state index >= 15 is 0 Å². The Bertz CT molecular complexity index is 244. The van der Waals surface area contributed by atoms with E-state index in [1.54, 1.807) is 0 Å². The first-order valence-electron chi connectivity index (χ1n) is 7.27. The predicted molar refractivity (Wildman–Crippen MR) is 83.3 cm³/mol. The van der Waals surface area contributed by atoms with Crippen LogP contribution in [0.5, 0.6) is 0 Å². The summed E-state index contributed by atoms with van der Waals surface area (Å²) in [6.07, 6.45) is 6.04. The molecule has 1 nitrogen and oxygen atoms in total. The van der Waals surface area contributed by atoms with E-state index in [0.29, 0.717) is 3.93 Å². The van der Waals surface area contributed by atoms with Crippen LogP contribution in [0.4, 0.5) is 0 Å². The molecule has 1 atom stereocenters. The van der Waals surface area contributed by atoms with E-state index in [1.165, 1.54) is 23.7 Å². The zero-order valence-corrected chi connectivity index (χ0v) is 18.5. The molecule has 1 fully saturated rings. The van der Waals surface area contributed by atoms with Gasteiger partial charge in [0.05, 0.1) is 0 Å². The van der Waals surface area contributed by atoms with Crippen molar-refractivity contribution in [2.75, 3.05) is 0 Å². The van der Waals surface area contributed by atoms with Crippen molar-refractivity contribution >= 4 is 36.8 Å². The van der Waals surface area contributed by atoms with Crippen molar-refractivity contribution in [3.63, 3.8) is 0 Å². The Kier molecular flexibility index (Phi) is 5.77. The number of hydrogen-bond acceptors (Lipinski definition) is 1. The number of hydrogen-bond donors (Lipinski definition) is 1. The number of aliphatic hydroxyl groups is 1. The third kappa shape index (κ3) is 5.21. The van der Waals surface area contributed by atoms with Gasteiger partial charge in [0.25, 0.3) is 0 Å². The maximum atomic E-state index is 11.1. The molecule has 1 unspecified atom stereocenters. The molecule has 3 heteroatoms. The van der Waals surface area contributed by atoms with Gasteiger partial charge in [0.15, 0.2) is 0 Å². The molecule has 0 aliphatic heterocycles. The zero-order valence-electron chi connectivity index (χ0n) is 12.8. The fourth-order valence-electron chi connectivity index (χ4n) is 3.43. The maximum absolute atomic E-state index is 11.1. The van der Waals surface area contributed by atoms with Gasteiger partial charge in [0.1, 0.15) is 0 Å². The molecule has 1 aliphatic carbocycles. The Balaban J connectivity index is 2.89. The molecule has 102 valence electrons. The predicted octanol–water partition coefficient (Wildman–Crippen LogP) is 4.73. The van der Waals surface area contributed by atoms with Gasteiger partial charge in [-0.3, -0.25) is 0 Å². The van der Waals surface area contributed by atoms with Crippen molar-refractivity contribution in [3.05, 3.63) is 0 Å². The first-order valence-corrected chi connectivity index (χ1v) is 28.1. The monoisotopic (exact) mass is 456 g/mol. The summed E-state index contributed by atoms with van der Waals surface area (Å²) in [5, 5.41) is 11.1. The average molecular weight is 454 g/mol. The van der Waals surface area contributed by atoms with Gasteiger partial charge in [-0.25, -0.2) is 0 Å². The number of rotatable bonds is 4. The Morgan fingerprint density at radius 1 is 0.941 bits per heavy atom. The van der Waals surface area contributed by atoms with Crippen LogP contribution in [-0.4, -0.2) is 47.5 Å². The molecule has 0 radical (unpaired) electrons. The van der Waals surface area contributed by atoms with Gasteiger partial charge in [0.2, 0.25) is 0 Å². The summed E-state index contributed by atoms with van der Waals surface area (Å²) in [6, 6.07) is 0. The molecular weight excluding hydrogens is 422 g/mol. The van der Waals surface area contributed by atoms with Crippen molar-refractivity contribution < 1.29 is 5.11 Å². The van der Waals surface area contributed by atoms with Crippen LogP contribution in [0.2, 0.25) is 38.0 Å². The quantitative estimate of drug-likeness (QED) is 0.610. The SMILES string of the molecule is [CH3][Sn]([CH3])([CH3])[CH2][CH](C1(O)CCCCC1)[Sn]([CH3])([CH3])[CH3]. The first-order chi connectivity index (χ1) is 7.55. The summed E-state index contributed by atoms with van der Waals surface area (Å²) in [5.41, 5.74) is -0.267. The summed E-state index contributed by atoms with van der Waals surface area (Å²) in [5.74, 6) is 0. The van der Waals surface area contributed by atoms with E-state index in [4.69, 9.17) is 0 Å². The van der Waals surface area contributed by atoms with Gasteiger partial charge in [-0.2, -0.15) is 0 Å². The fraction of sp³-hybridized carbons (Fsp3) is 1.00. The molecule has 0 aromatic heterocycles. The van der Waals surface area contributed by atoms with Crippen LogP contribution in [-0.2, 0) is 0 Å². The third-order valence-corrected chi connectivity index (χ3v) is 20.3. The standard InChI is InChI=1S/C8H14O.6CH3.2Sn/c1-2-8(9)6-4-3-5-7-8;;;;;;;;/h2,9H,1,3-7H2;6*1H3;;. The van der Waals surface area contributed by atoms with E-state index in [9.17, 15) is 5.11 Å². The van der Waals surface area contributed by atoms with Crippen LogP contribution in [0.15, 0.2) is 0 Å². The summed E-state index contributed by atoms with van der Waals surface area (Å²) >= 11 is -3.82. The van der Waals surface area contributed by atoms with Crippen LogP contribution in [0.3, 0.4) is 0 Å². The molecule has 17 heavy (non-hydrogen) atoms. The van der Waals surface area contributed by atoms with E-state index in [1.807, 2.05) is 0 Å². The first kappa shape index (κ1) is 16.6. The molecule has 0 saturated heterocycles. The van der Waals surface area contributed by atoms with Gasteiger partial charge in [-0.1, -0.05) is 0 Å². The summed E-state index contributed by atoms with van der Waals surface area (Å²) in [7, 11) is 0. The van der Waals surface area contributed by atoms with Crippen molar-refractivity contribution in [1.82, 2.24) is 0 Å². The second-order valence-corrected chi connectivity index (χ2v) is 39.6. The second-order valence-electron chi connectivity index (χ2n) is 8.35. The zero-order chi connectivity index (χ0) is 13.3. The average Bonchev–Trinajstić information content (AvgIpc) is 2.12. The van der Waals surface area contributed by atoms with Crippen molar-refractivity contribution in [2.24, 2.45) is 0 Å². The third-order valence-electron chi connectivity index (χ3n) is 4.23. The molecule has 1 aliphatic rings. The van der Waals surface area contributed by atoms with Gasteiger partial charge in [-0.15, -0.1) is 0 Å². The molecule has 0 amide bonds. The topological polar surface area (TPSA) is 20.2 Å². The Hall–Kier alpha value is 1.56. The fourth-order valence-corrected chi connectivity index (χ4v) is 38.6. The van der Waals surface area contributed by atoms with Crippen molar-refractivity contribution in [3.8, 4) is 0 Å². The minimum absolute atomic E-state index is 0.267. The Labute approximate surface area is 117 Å². The normalized spacial score (nSPS) is 23.5. The summed E-state index contributed by atoms with van der Waals surface area (Å²) in [6.45, 7) is 0. The van der Waals surface area contributed by atoms with E-state index in [2.05, 4.69) is 29.6 Å². The molecule has 1 rings (SSSR count). The Morgan fingerprint density at radius 3 is 1.76 bits per heavy atom. The van der Waals surface area contributed by atoms with Crippen molar-refractivity contribution in [2.45, 2.75) is 75.7 Å². The van der Waals surface area contributed by atoms with Crippen LogP contribution in [0, 0.1) is 0 Å². The van der Waals surface area contributed by atoms with Crippen molar-refractivity contribution in [1.29, 1.82) is 0 Å². The van der Waals surface area contributed by atoms with E-state index < -0.39 is 36.8 Å². The summed E-state index contributed by atoms with van der Waals surface area (Å²) < 4.78 is 2.14. The van der Waals surface area contributed by atoms with Crippen LogP contribution in [0.1, 0.15) is 32.1 Å². The molecule has 0 aromatic rings. The molecule has 0 heterocycles. The van der Waals surface area contributed by atoms with Crippen LogP contribution in [0.25, 0.3) is 0 Å². The van der Waals surface area contributed by atoms with Gasteiger partial charge in [0, 0.05) is 0 Å². The molecule has 1 saturated carbocycles. The van der Waals surface area contributed by atoms with E-state index in [-0.39, 0.29) is 5.60 Å². The summed E-state index contributed by atoms with van der Waals surface area (Å²) in [4.78, 5) is 15.2. The van der Waals surface area contributed by atoms with E-state index in [0.717, 1.165) is 12.8 Å². The molecule has 0 spiro atoms.